The van der Waals surface area contributed by atoms with E-state index in [-0.39, 0.29) is 17.4 Å². The predicted octanol–water partition coefficient (Wildman–Crippen LogP) is 4.54. The van der Waals surface area contributed by atoms with Crippen molar-refractivity contribution in [2.24, 2.45) is 0 Å². The van der Waals surface area contributed by atoms with Crippen LogP contribution in [0.2, 0.25) is 0 Å². The molecular weight excluding hydrogens is 420 g/mol. The summed E-state index contributed by atoms with van der Waals surface area (Å²) < 4.78 is 20.4. The molecule has 170 valence electrons. The second-order valence-corrected chi connectivity index (χ2v) is 7.90. The molecule has 4 unspecified atom stereocenters. The molecule has 1 aliphatic heterocycles. The lowest BCUT2D eigenvalue weighted by atomic mass is 10.1. The number of nitrogens with zero attached hydrogens (tertiary/aromatic N) is 2. The fourth-order valence-corrected chi connectivity index (χ4v) is 4.15. The van der Waals surface area contributed by atoms with Crippen molar-refractivity contribution in [3.63, 3.8) is 0 Å². The third-order valence-electron chi connectivity index (χ3n) is 5.77. The Morgan fingerprint density at radius 2 is 1.58 bits per heavy atom. The summed E-state index contributed by atoms with van der Waals surface area (Å²) >= 11 is 0. The first-order valence-corrected chi connectivity index (χ1v) is 10.9. The van der Waals surface area contributed by atoms with Crippen molar-refractivity contribution in [3.8, 4) is 6.07 Å². The molecule has 2 heterocycles. The minimum absolute atomic E-state index is 0.0783. The Hall–Kier alpha value is -3.44. The lowest BCUT2D eigenvalue weighted by Crippen LogP contribution is -2.37. The van der Waals surface area contributed by atoms with Gasteiger partial charge in [-0.3, -0.25) is 0 Å². The van der Waals surface area contributed by atoms with Crippen LogP contribution in [-0.2, 0) is 27.4 Å². The molecule has 0 saturated carbocycles. The number of aromatic carboxylic acids is 1. The quantitative estimate of drug-likeness (QED) is 0.519. The van der Waals surface area contributed by atoms with Crippen molar-refractivity contribution in [1.29, 1.82) is 5.26 Å². The summed E-state index contributed by atoms with van der Waals surface area (Å²) in [5, 5.41) is 19.1. The summed E-state index contributed by atoms with van der Waals surface area (Å²) in [4.78, 5) is 11.9. The molecule has 0 amide bonds. The largest absolute Gasteiger partial charge is 0.477 e. The van der Waals surface area contributed by atoms with E-state index in [0.29, 0.717) is 19.6 Å². The zero-order chi connectivity index (χ0) is 23.2. The number of rotatable bonds is 9. The Balaban J connectivity index is 1.64. The SMILES string of the molecule is CCC1OC(n2ccc(C#N)c2C(=O)O)C(OCc2ccccc2)C1OCc1ccccc1. The third kappa shape index (κ3) is 4.99. The molecule has 1 fully saturated rings. The number of ether oxygens (including phenoxy) is 3. The molecule has 0 radical (unpaired) electrons. The van der Waals surface area contributed by atoms with Gasteiger partial charge in [0, 0.05) is 6.20 Å². The van der Waals surface area contributed by atoms with E-state index in [0.717, 1.165) is 11.1 Å². The van der Waals surface area contributed by atoms with Gasteiger partial charge < -0.3 is 23.9 Å². The van der Waals surface area contributed by atoms with Crippen LogP contribution in [0.15, 0.2) is 72.9 Å². The Morgan fingerprint density at radius 3 is 2.09 bits per heavy atom. The fourth-order valence-electron chi connectivity index (χ4n) is 4.15. The average Bonchev–Trinajstić information content (AvgIpc) is 3.43. The van der Waals surface area contributed by atoms with Gasteiger partial charge in [0.1, 0.15) is 24.0 Å². The smallest absolute Gasteiger partial charge is 0.353 e. The Labute approximate surface area is 192 Å². The van der Waals surface area contributed by atoms with E-state index < -0.39 is 24.4 Å². The number of benzene rings is 2. The molecule has 4 atom stereocenters. The van der Waals surface area contributed by atoms with Crippen molar-refractivity contribution in [1.82, 2.24) is 4.57 Å². The van der Waals surface area contributed by atoms with E-state index >= 15 is 0 Å². The molecule has 0 bridgehead atoms. The van der Waals surface area contributed by atoms with Crippen molar-refractivity contribution in [3.05, 3.63) is 95.3 Å². The maximum atomic E-state index is 11.9. The first-order valence-electron chi connectivity index (χ1n) is 10.9. The van der Waals surface area contributed by atoms with E-state index in [4.69, 9.17) is 14.2 Å². The van der Waals surface area contributed by atoms with E-state index in [9.17, 15) is 15.2 Å². The lowest BCUT2D eigenvalue weighted by molar-refractivity contribution is -0.0905. The molecule has 7 heteroatoms. The summed E-state index contributed by atoms with van der Waals surface area (Å²) in [6, 6.07) is 23.0. The molecule has 3 aromatic rings. The average molecular weight is 447 g/mol. The van der Waals surface area contributed by atoms with Crippen LogP contribution in [0.3, 0.4) is 0 Å². The maximum Gasteiger partial charge on any atom is 0.353 e. The van der Waals surface area contributed by atoms with Crippen LogP contribution in [0.1, 0.15) is 46.8 Å². The van der Waals surface area contributed by atoms with Gasteiger partial charge in [-0.15, -0.1) is 0 Å². The fraction of sp³-hybridized carbons (Fsp3) is 0.308. The van der Waals surface area contributed by atoms with Crippen molar-refractivity contribution in [2.75, 3.05) is 0 Å². The number of aromatic nitrogens is 1. The highest BCUT2D eigenvalue weighted by Gasteiger charge is 2.47. The van der Waals surface area contributed by atoms with E-state index in [1.165, 1.54) is 10.6 Å². The van der Waals surface area contributed by atoms with E-state index in [1.807, 2.05) is 73.7 Å². The normalized spacial score (nSPS) is 22.2. The van der Waals surface area contributed by atoms with Crippen LogP contribution in [0.5, 0.6) is 0 Å². The molecule has 0 aliphatic carbocycles. The van der Waals surface area contributed by atoms with E-state index in [2.05, 4.69) is 0 Å². The van der Waals surface area contributed by atoms with Gasteiger partial charge in [0.2, 0.25) is 0 Å². The first-order chi connectivity index (χ1) is 16.1. The zero-order valence-corrected chi connectivity index (χ0v) is 18.3. The van der Waals surface area contributed by atoms with Crippen LogP contribution in [0.4, 0.5) is 0 Å². The molecule has 33 heavy (non-hydrogen) atoms. The summed E-state index contributed by atoms with van der Waals surface area (Å²) in [5.41, 5.74) is 1.97. The summed E-state index contributed by atoms with van der Waals surface area (Å²) in [5.74, 6) is -1.19. The monoisotopic (exact) mass is 446 g/mol. The molecule has 0 spiro atoms. The molecule has 1 aliphatic rings. The summed E-state index contributed by atoms with van der Waals surface area (Å²) in [6.07, 6.45) is 0.199. The number of carboxylic acids is 1. The van der Waals surface area contributed by atoms with Crippen LogP contribution >= 0.6 is 0 Å². The number of nitriles is 1. The topological polar surface area (TPSA) is 93.7 Å². The Morgan fingerprint density at radius 1 is 1.00 bits per heavy atom. The Kier molecular flexibility index (Phi) is 7.20. The highest BCUT2D eigenvalue weighted by molar-refractivity contribution is 5.89. The van der Waals surface area contributed by atoms with Gasteiger partial charge >= 0.3 is 5.97 Å². The van der Waals surface area contributed by atoms with E-state index in [1.54, 1.807) is 6.20 Å². The number of carboxylic acid groups (broad SMARTS) is 1. The maximum absolute atomic E-state index is 11.9. The van der Waals surface area contributed by atoms with Crippen molar-refractivity contribution < 1.29 is 24.1 Å². The molecule has 2 aromatic carbocycles. The molecule has 4 rings (SSSR count). The second-order valence-electron chi connectivity index (χ2n) is 7.90. The zero-order valence-electron chi connectivity index (χ0n) is 18.3. The summed E-state index contributed by atoms with van der Waals surface area (Å²) in [6.45, 7) is 2.70. The highest BCUT2D eigenvalue weighted by Crippen LogP contribution is 2.37. The van der Waals surface area contributed by atoms with Crippen LogP contribution < -0.4 is 0 Å². The van der Waals surface area contributed by atoms with Gasteiger partial charge in [0.05, 0.1) is 24.9 Å². The van der Waals surface area contributed by atoms with Crippen LogP contribution in [-0.4, -0.2) is 34.0 Å². The first kappa shape index (κ1) is 22.7. The molecule has 1 aromatic heterocycles. The van der Waals surface area contributed by atoms with Gasteiger partial charge in [-0.05, 0) is 23.6 Å². The summed E-state index contributed by atoms with van der Waals surface area (Å²) in [7, 11) is 0. The molecule has 1 saturated heterocycles. The predicted molar refractivity (Wildman–Crippen MR) is 120 cm³/mol. The lowest BCUT2D eigenvalue weighted by Gasteiger charge is -2.26. The van der Waals surface area contributed by atoms with Gasteiger partial charge in [0.15, 0.2) is 6.23 Å². The number of carbonyl (C=O) groups is 1. The highest BCUT2D eigenvalue weighted by atomic mass is 16.6. The van der Waals surface area contributed by atoms with Gasteiger partial charge in [-0.25, -0.2) is 4.79 Å². The number of hydrogen-bond donors (Lipinski definition) is 1. The minimum Gasteiger partial charge on any atom is -0.477 e. The van der Waals surface area contributed by atoms with Gasteiger partial charge in [-0.1, -0.05) is 67.6 Å². The second kappa shape index (κ2) is 10.5. The van der Waals surface area contributed by atoms with Crippen LogP contribution in [0, 0.1) is 11.3 Å². The molecule has 7 nitrogen and oxygen atoms in total. The minimum atomic E-state index is -1.19. The van der Waals surface area contributed by atoms with Gasteiger partial charge in [-0.2, -0.15) is 5.26 Å². The van der Waals surface area contributed by atoms with Gasteiger partial charge in [0.25, 0.3) is 0 Å². The van der Waals surface area contributed by atoms with Crippen LogP contribution in [0.25, 0.3) is 0 Å². The molecular formula is C26H26N2O5. The number of hydrogen-bond acceptors (Lipinski definition) is 5. The Bertz CT molecular complexity index is 1110. The van der Waals surface area contributed by atoms with Crippen molar-refractivity contribution >= 4 is 5.97 Å². The van der Waals surface area contributed by atoms with Crippen molar-refractivity contribution in [2.45, 2.75) is 51.1 Å². The molecule has 1 N–H and O–H groups in total. The standard InChI is InChI=1S/C26H26N2O5/c1-2-21-23(31-16-18-9-5-3-6-10-18)24(32-17-19-11-7-4-8-12-19)25(33-21)28-14-13-20(15-27)22(28)26(29)30/h3-14,21,23-25H,2,16-17H2,1H3,(H,29,30). The third-order valence-corrected chi connectivity index (χ3v) is 5.77.